The topological polar surface area (TPSA) is 66.8 Å². The molecule has 0 bridgehead atoms. The second kappa shape index (κ2) is 8.15. The molecule has 1 rings (SSSR count). The summed E-state index contributed by atoms with van der Waals surface area (Å²) in [6, 6.07) is -0.192. The lowest BCUT2D eigenvalue weighted by Crippen LogP contribution is -2.47. The highest BCUT2D eigenvalue weighted by molar-refractivity contribution is 5.80. The zero-order valence-electron chi connectivity index (χ0n) is 11.9. The maximum absolute atomic E-state index is 12.3. The number of nitrogens with zero attached hydrogens (tertiary/aromatic N) is 1. The highest BCUT2D eigenvalue weighted by Gasteiger charge is 2.32. The molecule has 1 unspecified atom stereocenters. The minimum atomic E-state index is -0.290. The fraction of sp³-hybridized carbons (Fsp3) is 0.857. The fourth-order valence-corrected chi connectivity index (χ4v) is 2.26. The van der Waals surface area contributed by atoms with Crippen LogP contribution in [0.4, 0.5) is 0 Å². The molecule has 1 aliphatic rings. The molecule has 0 radical (unpaired) electrons. The normalized spacial score (nSPS) is 16.6. The molecule has 19 heavy (non-hydrogen) atoms. The average molecular weight is 271 g/mol. The van der Waals surface area contributed by atoms with Crippen molar-refractivity contribution in [3.05, 3.63) is 0 Å². The van der Waals surface area contributed by atoms with E-state index in [1.54, 1.807) is 11.8 Å². The lowest BCUT2D eigenvalue weighted by atomic mass is 9.84. The summed E-state index contributed by atoms with van der Waals surface area (Å²) in [5, 5.41) is 9.38. The zero-order valence-corrected chi connectivity index (χ0v) is 11.9. The molecule has 0 aliphatic heterocycles. The van der Waals surface area contributed by atoms with Crippen molar-refractivity contribution in [3.63, 3.8) is 0 Å². The molecule has 1 amide bonds. The monoisotopic (exact) mass is 271 g/mol. The van der Waals surface area contributed by atoms with Crippen LogP contribution in [0.25, 0.3) is 0 Å². The van der Waals surface area contributed by atoms with E-state index in [-0.39, 0.29) is 36.9 Å². The molecule has 0 spiro atoms. The number of aliphatic hydroxyl groups excluding tert-OH is 1. The fourth-order valence-electron chi connectivity index (χ4n) is 2.26. The molecule has 110 valence electrons. The molecule has 5 nitrogen and oxygen atoms in total. The molecule has 1 N–H and O–H groups in total. The van der Waals surface area contributed by atoms with Gasteiger partial charge in [-0.2, -0.15) is 0 Å². The van der Waals surface area contributed by atoms with E-state index in [1.165, 1.54) is 0 Å². The summed E-state index contributed by atoms with van der Waals surface area (Å²) in [6.45, 7) is 4.34. The number of amides is 1. The average Bonchev–Trinajstić information content (AvgIpc) is 2.32. The van der Waals surface area contributed by atoms with E-state index >= 15 is 0 Å². The van der Waals surface area contributed by atoms with Crippen molar-refractivity contribution in [3.8, 4) is 0 Å². The predicted octanol–water partition coefficient (Wildman–Crippen LogP) is 1.34. The van der Waals surface area contributed by atoms with Crippen LogP contribution in [0.5, 0.6) is 0 Å². The molecule has 5 heteroatoms. The van der Waals surface area contributed by atoms with Crippen molar-refractivity contribution in [1.82, 2.24) is 4.90 Å². The number of carbonyl (C=O) groups excluding carboxylic acids is 2. The quantitative estimate of drug-likeness (QED) is 0.676. The highest BCUT2D eigenvalue weighted by Crippen LogP contribution is 2.29. The van der Waals surface area contributed by atoms with Gasteiger partial charge in [-0.3, -0.25) is 9.59 Å². The van der Waals surface area contributed by atoms with Crippen LogP contribution >= 0.6 is 0 Å². The lowest BCUT2D eigenvalue weighted by Gasteiger charge is -2.35. The summed E-state index contributed by atoms with van der Waals surface area (Å²) in [5.41, 5.74) is 0. The SMILES string of the molecule is CCOC(=O)CCN(C(=O)C1CCC1)C(CC)CO. The Balaban J connectivity index is 2.57. The Hall–Kier alpha value is -1.10. The van der Waals surface area contributed by atoms with Crippen LogP contribution < -0.4 is 0 Å². The third-order valence-corrected chi connectivity index (χ3v) is 3.72. The van der Waals surface area contributed by atoms with Gasteiger partial charge in [0.15, 0.2) is 0 Å². The molecular weight excluding hydrogens is 246 g/mol. The van der Waals surface area contributed by atoms with Crippen LogP contribution in [-0.2, 0) is 14.3 Å². The van der Waals surface area contributed by atoms with Crippen LogP contribution in [0.2, 0.25) is 0 Å². The minimum Gasteiger partial charge on any atom is -0.466 e. The van der Waals surface area contributed by atoms with E-state index < -0.39 is 0 Å². The van der Waals surface area contributed by atoms with Gasteiger partial charge in [0.1, 0.15) is 0 Å². The molecular formula is C14H25NO4. The van der Waals surface area contributed by atoms with Crippen molar-refractivity contribution in [1.29, 1.82) is 0 Å². The first-order valence-electron chi connectivity index (χ1n) is 7.20. The van der Waals surface area contributed by atoms with Crippen molar-refractivity contribution in [2.24, 2.45) is 5.92 Å². The van der Waals surface area contributed by atoms with E-state index in [4.69, 9.17) is 4.74 Å². The summed E-state index contributed by atoms with van der Waals surface area (Å²) in [7, 11) is 0. The molecule has 1 aliphatic carbocycles. The molecule has 0 aromatic heterocycles. The number of esters is 1. The summed E-state index contributed by atoms with van der Waals surface area (Å²) in [4.78, 5) is 25.4. The van der Waals surface area contributed by atoms with Gasteiger partial charge in [0.25, 0.3) is 0 Å². The van der Waals surface area contributed by atoms with Gasteiger partial charge in [-0.25, -0.2) is 0 Å². The predicted molar refractivity (Wildman–Crippen MR) is 71.5 cm³/mol. The first-order chi connectivity index (χ1) is 9.13. The molecule has 1 atom stereocenters. The Morgan fingerprint density at radius 1 is 1.37 bits per heavy atom. The number of ether oxygens (including phenoxy) is 1. The first-order valence-corrected chi connectivity index (χ1v) is 7.20. The maximum atomic E-state index is 12.3. The van der Waals surface area contributed by atoms with Crippen molar-refractivity contribution in [2.45, 2.75) is 52.0 Å². The summed E-state index contributed by atoms with van der Waals surface area (Å²) in [6.07, 6.45) is 3.84. The van der Waals surface area contributed by atoms with Gasteiger partial charge in [0.05, 0.1) is 25.7 Å². The van der Waals surface area contributed by atoms with Gasteiger partial charge in [-0.15, -0.1) is 0 Å². The molecule has 0 saturated heterocycles. The van der Waals surface area contributed by atoms with E-state index in [0.717, 1.165) is 19.3 Å². The number of hydrogen-bond donors (Lipinski definition) is 1. The standard InChI is InChI=1S/C14H25NO4/c1-3-12(10-16)15(9-8-13(17)19-4-2)14(18)11-6-5-7-11/h11-12,16H,3-10H2,1-2H3. The van der Waals surface area contributed by atoms with Gasteiger partial charge >= 0.3 is 5.97 Å². The van der Waals surface area contributed by atoms with E-state index in [0.29, 0.717) is 19.6 Å². The Kier molecular flexibility index (Phi) is 6.84. The Morgan fingerprint density at radius 2 is 2.05 bits per heavy atom. The van der Waals surface area contributed by atoms with Gasteiger partial charge in [-0.1, -0.05) is 13.3 Å². The Morgan fingerprint density at radius 3 is 2.47 bits per heavy atom. The first kappa shape index (κ1) is 16.0. The largest absolute Gasteiger partial charge is 0.466 e. The highest BCUT2D eigenvalue weighted by atomic mass is 16.5. The number of aliphatic hydroxyl groups is 1. The van der Waals surface area contributed by atoms with Crippen molar-refractivity contribution >= 4 is 11.9 Å². The Labute approximate surface area is 114 Å². The van der Waals surface area contributed by atoms with E-state index in [1.807, 2.05) is 6.92 Å². The van der Waals surface area contributed by atoms with Gasteiger partial charge in [0, 0.05) is 12.5 Å². The number of rotatable bonds is 8. The number of carbonyl (C=O) groups is 2. The molecule has 0 aromatic carbocycles. The maximum Gasteiger partial charge on any atom is 0.307 e. The van der Waals surface area contributed by atoms with Gasteiger partial charge in [0.2, 0.25) is 5.91 Å². The summed E-state index contributed by atoms with van der Waals surface area (Å²) < 4.78 is 4.88. The van der Waals surface area contributed by atoms with Crippen molar-refractivity contribution < 1.29 is 19.4 Å². The smallest absolute Gasteiger partial charge is 0.307 e. The van der Waals surface area contributed by atoms with Crippen molar-refractivity contribution in [2.75, 3.05) is 19.8 Å². The summed E-state index contributed by atoms with van der Waals surface area (Å²) in [5.74, 6) is -0.124. The molecule has 0 heterocycles. The minimum absolute atomic E-state index is 0.0578. The molecule has 1 saturated carbocycles. The third-order valence-electron chi connectivity index (χ3n) is 3.72. The molecule has 1 fully saturated rings. The van der Waals surface area contributed by atoms with Crippen LogP contribution in [0.1, 0.15) is 46.0 Å². The lowest BCUT2D eigenvalue weighted by molar-refractivity contribution is -0.146. The second-order valence-corrected chi connectivity index (χ2v) is 4.96. The van der Waals surface area contributed by atoms with E-state index in [2.05, 4.69) is 0 Å². The Bertz CT molecular complexity index is 298. The number of hydrogen-bond acceptors (Lipinski definition) is 4. The zero-order chi connectivity index (χ0) is 14.3. The second-order valence-electron chi connectivity index (χ2n) is 4.96. The van der Waals surface area contributed by atoms with Crippen LogP contribution in [0.3, 0.4) is 0 Å². The van der Waals surface area contributed by atoms with Crippen LogP contribution in [0.15, 0.2) is 0 Å². The van der Waals surface area contributed by atoms with Crippen LogP contribution in [-0.4, -0.2) is 47.7 Å². The van der Waals surface area contributed by atoms with Gasteiger partial charge in [-0.05, 0) is 26.2 Å². The van der Waals surface area contributed by atoms with E-state index in [9.17, 15) is 14.7 Å². The van der Waals surface area contributed by atoms with Gasteiger partial charge < -0.3 is 14.7 Å². The molecule has 0 aromatic rings. The van der Waals surface area contributed by atoms with Crippen LogP contribution in [0, 0.1) is 5.92 Å². The summed E-state index contributed by atoms with van der Waals surface area (Å²) >= 11 is 0. The third kappa shape index (κ3) is 4.49.